The average molecular weight is 351 g/mol. The molecule has 6 N–H and O–H groups in total. The van der Waals surface area contributed by atoms with Crippen LogP contribution in [-0.4, -0.2) is 21.8 Å². The molecule has 2 aromatic rings. The molecule has 2 amide bonds. The minimum atomic E-state index is -0.904. The van der Waals surface area contributed by atoms with Gasteiger partial charge in [0.05, 0.1) is 16.5 Å². The first-order chi connectivity index (χ1) is 11.3. The summed E-state index contributed by atoms with van der Waals surface area (Å²) in [5.41, 5.74) is 11.9. The third-order valence-electron chi connectivity index (χ3n) is 3.49. The zero-order valence-corrected chi connectivity index (χ0v) is 12.9. The van der Waals surface area contributed by atoms with Gasteiger partial charge in [0.15, 0.2) is 0 Å². The molecule has 0 aliphatic carbocycles. The highest BCUT2D eigenvalue weighted by Crippen LogP contribution is 2.35. The second kappa shape index (κ2) is 5.93. The van der Waals surface area contributed by atoms with E-state index >= 15 is 0 Å². The number of nitrogen functional groups attached to an aromatic ring is 2. The number of nitrogens with zero attached hydrogens (tertiary/aromatic N) is 2. The SMILES string of the molecule is Nc1nc(N)c2c(n1)NC(=O)C[C@@H]2C(=O)Nc1ccc(F)c(Cl)c1. The second-order valence-electron chi connectivity index (χ2n) is 5.15. The van der Waals surface area contributed by atoms with Gasteiger partial charge in [0.1, 0.15) is 17.5 Å². The van der Waals surface area contributed by atoms with Crippen LogP contribution in [0.2, 0.25) is 5.02 Å². The molecule has 3 rings (SSSR count). The van der Waals surface area contributed by atoms with Gasteiger partial charge in [0.2, 0.25) is 17.8 Å². The lowest BCUT2D eigenvalue weighted by Gasteiger charge is -2.25. The molecule has 1 aliphatic rings. The van der Waals surface area contributed by atoms with Gasteiger partial charge in [-0.3, -0.25) is 9.59 Å². The van der Waals surface area contributed by atoms with E-state index in [-0.39, 0.29) is 40.3 Å². The Morgan fingerprint density at radius 1 is 1.38 bits per heavy atom. The molecule has 0 unspecified atom stereocenters. The molecule has 0 saturated heterocycles. The summed E-state index contributed by atoms with van der Waals surface area (Å²) in [4.78, 5) is 32.1. The lowest BCUT2D eigenvalue weighted by Crippen LogP contribution is -2.32. The minimum Gasteiger partial charge on any atom is -0.383 e. The molecule has 1 atom stereocenters. The number of hydrogen-bond acceptors (Lipinski definition) is 6. The number of carbonyl (C=O) groups excluding carboxylic acids is 2. The number of nitrogens with two attached hydrogens (primary N) is 2. The van der Waals surface area contributed by atoms with Crippen LogP contribution >= 0.6 is 11.6 Å². The first kappa shape index (κ1) is 15.9. The number of amides is 2. The molecule has 124 valence electrons. The summed E-state index contributed by atoms with van der Waals surface area (Å²) >= 11 is 5.69. The second-order valence-corrected chi connectivity index (χ2v) is 5.56. The summed E-state index contributed by atoms with van der Waals surface area (Å²) in [7, 11) is 0. The monoisotopic (exact) mass is 350 g/mol. The number of hydrogen-bond donors (Lipinski definition) is 4. The summed E-state index contributed by atoms with van der Waals surface area (Å²) in [5.74, 6) is -2.43. The van der Waals surface area contributed by atoms with Gasteiger partial charge in [0, 0.05) is 12.1 Å². The fourth-order valence-electron chi connectivity index (χ4n) is 2.44. The normalized spacial score (nSPS) is 16.2. The van der Waals surface area contributed by atoms with Crippen molar-refractivity contribution in [2.24, 2.45) is 0 Å². The molecule has 2 heterocycles. The van der Waals surface area contributed by atoms with Gasteiger partial charge in [0.25, 0.3) is 0 Å². The Morgan fingerprint density at radius 2 is 2.12 bits per heavy atom. The molecule has 0 radical (unpaired) electrons. The summed E-state index contributed by atoms with van der Waals surface area (Å²) in [5, 5.41) is 4.94. The Morgan fingerprint density at radius 3 is 2.83 bits per heavy atom. The zero-order valence-electron chi connectivity index (χ0n) is 12.1. The number of aromatic nitrogens is 2. The summed E-state index contributed by atoms with van der Waals surface area (Å²) in [6.07, 6.45) is -0.134. The van der Waals surface area contributed by atoms with E-state index in [9.17, 15) is 14.0 Å². The summed E-state index contributed by atoms with van der Waals surface area (Å²) < 4.78 is 13.2. The fourth-order valence-corrected chi connectivity index (χ4v) is 2.62. The number of fused-ring (bicyclic) bond motifs is 1. The van der Waals surface area contributed by atoms with E-state index in [0.29, 0.717) is 0 Å². The van der Waals surface area contributed by atoms with Crippen molar-refractivity contribution < 1.29 is 14.0 Å². The van der Waals surface area contributed by atoms with Gasteiger partial charge in [-0.2, -0.15) is 9.97 Å². The number of halogens is 2. The maximum atomic E-state index is 13.2. The summed E-state index contributed by atoms with van der Waals surface area (Å²) in [6.45, 7) is 0. The Labute approximate surface area is 140 Å². The topological polar surface area (TPSA) is 136 Å². The van der Waals surface area contributed by atoms with Crippen LogP contribution in [0, 0.1) is 5.82 Å². The van der Waals surface area contributed by atoms with Crippen LogP contribution < -0.4 is 22.1 Å². The Kier molecular flexibility index (Phi) is 3.94. The number of anilines is 4. The number of benzene rings is 1. The van der Waals surface area contributed by atoms with Gasteiger partial charge in [-0.05, 0) is 18.2 Å². The Bertz CT molecular complexity index is 859. The van der Waals surface area contributed by atoms with Gasteiger partial charge in [-0.15, -0.1) is 0 Å². The third-order valence-corrected chi connectivity index (χ3v) is 3.78. The highest BCUT2D eigenvalue weighted by atomic mass is 35.5. The molecule has 1 aliphatic heterocycles. The smallest absolute Gasteiger partial charge is 0.232 e. The first-order valence-corrected chi connectivity index (χ1v) is 7.21. The van der Waals surface area contributed by atoms with E-state index in [1.165, 1.54) is 12.1 Å². The molecule has 0 fully saturated rings. The van der Waals surface area contributed by atoms with E-state index in [1.807, 2.05) is 0 Å². The molecule has 0 saturated carbocycles. The lowest BCUT2D eigenvalue weighted by atomic mass is 9.92. The van der Waals surface area contributed by atoms with Crippen molar-refractivity contribution in [2.75, 3.05) is 22.1 Å². The first-order valence-electron chi connectivity index (χ1n) is 6.84. The number of nitrogens with one attached hydrogen (secondary N) is 2. The van der Waals surface area contributed by atoms with Crippen molar-refractivity contribution in [3.05, 3.63) is 34.6 Å². The Balaban J connectivity index is 1.93. The largest absolute Gasteiger partial charge is 0.383 e. The van der Waals surface area contributed by atoms with Gasteiger partial charge in [-0.1, -0.05) is 11.6 Å². The predicted octanol–water partition coefficient (Wildman–Crippen LogP) is 1.50. The number of rotatable bonds is 2. The van der Waals surface area contributed by atoms with Crippen LogP contribution in [0.5, 0.6) is 0 Å². The van der Waals surface area contributed by atoms with Crippen LogP contribution in [0.3, 0.4) is 0 Å². The molecular weight excluding hydrogens is 339 g/mol. The highest BCUT2D eigenvalue weighted by Gasteiger charge is 2.34. The Hall–Kier alpha value is -2.94. The van der Waals surface area contributed by atoms with Crippen LogP contribution in [0.4, 0.5) is 27.7 Å². The van der Waals surface area contributed by atoms with Crippen LogP contribution in [0.15, 0.2) is 18.2 Å². The van der Waals surface area contributed by atoms with Crippen molar-refractivity contribution in [1.82, 2.24) is 9.97 Å². The van der Waals surface area contributed by atoms with Crippen molar-refractivity contribution in [3.8, 4) is 0 Å². The van der Waals surface area contributed by atoms with E-state index in [1.54, 1.807) is 0 Å². The molecule has 0 bridgehead atoms. The molecule has 1 aromatic carbocycles. The quantitative estimate of drug-likeness (QED) is 0.648. The number of carbonyl (C=O) groups is 2. The maximum absolute atomic E-state index is 13.2. The van der Waals surface area contributed by atoms with Crippen molar-refractivity contribution in [2.45, 2.75) is 12.3 Å². The molecule has 8 nitrogen and oxygen atoms in total. The maximum Gasteiger partial charge on any atom is 0.232 e. The van der Waals surface area contributed by atoms with Gasteiger partial charge < -0.3 is 22.1 Å². The van der Waals surface area contributed by atoms with E-state index < -0.39 is 23.5 Å². The van der Waals surface area contributed by atoms with E-state index in [2.05, 4.69) is 20.6 Å². The average Bonchev–Trinajstić information content (AvgIpc) is 2.49. The van der Waals surface area contributed by atoms with Gasteiger partial charge >= 0.3 is 0 Å². The van der Waals surface area contributed by atoms with Crippen molar-refractivity contribution in [1.29, 1.82) is 0 Å². The highest BCUT2D eigenvalue weighted by molar-refractivity contribution is 6.31. The van der Waals surface area contributed by atoms with E-state index in [4.69, 9.17) is 23.1 Å². The molecule has 0 spiro atoms. The van der Waals surface area contributed by atoms with Crippen molar-refractivity contribution >= 4 is 46.7 Å². The molecule has 10 heteroatoms. The fraction of sp³-hybridized carbons (Fsp3) is 0.143. The van der Waals surface area contributed by atoms with E-state index in [0.717, 1.165) is 6.07 Å². The standard InChI is InChI=1S/C14H12ClFN6O2/c15-7-3-5(1-2-8(7)16)19-13(24)6-4-9(23)20-12-10(6)11(17)21-14(18)22-12/h1-3,6H,4H2,(H,19,24)(H5,17,18,20,21,22,23)/t6-/m0/s1. The van der Waals surface area contributed by atoms with Gasteiger partial charge in [-0.25, -0.2) is 4.39 Å². The molecule has 24 heavy (non-hydrogen) atoms. The molecule has 1 aromatic heterocycles. The lowest BCUT2D eigenvalue weighted by molar-refractivity contribution is -0.123. The van der Waals surface area contributed by atoms with Crippen molar-refractivity contribution in [3.63, 3.8) is 0 Å². The van der Waals surface area contributed by atoms with Crippen LogP contribution in [-0.2, 0) is 9.59 Å². The predicted molar refractivity (Wildman–Crippen MR) is 86.9 cm³/mol. The third kappa shape index (κ3) is 2.93. The van der Waals surface area contributed by atoms with Crippen LogP contribution in [0.1, 0.15) is 17.9 Å². The molecular formula is C14H12ClFN6O2. The van der Waals surface area contributed by atoms with Crippen LogP contribution in [0.25, 0.3) is 0 Å². The minimum absolute atomic E-state index is 0.00906. The zero-order chi connectivity index (χ0) is 17.4. The summed E-state index contributed by atoms with van der Waals surface area (Å²) in [6, 6.07) is 3.74.